The summed E-state index contributed by atoms with van der Waals surface area (Å²) in [5, 5.41) is 0. The maximum absolute atomic E-state index is 13.6. The summed E-state index contributed by atoms with van der Waals surface area (Å²) in [6.45, 7) is -4.19. The fourth-order valence-corrected chi connectivity index (χ4v) is 3.72. The third-order valence-corrected chi connectivity index (χ3v) is 6.53. The Balaban J connectivity index is 5.92. The highest BCUT2D eigenvalue weighted by atomic mass is 19.3. The van der Waals surface area contributed by atoms with Gasteiger partial charge in [0.1, 0.15) is 97.3 Å². The first kappa shape index (κ1) is 49.2. The first-order valence-corrected chi connectivity index (χ1v) is 16.4. The van der Waals surface area contributed by atoms with Gasteiger partial charge in [0.15, 0.2) is 0 Å². The summed E-state index contributed by atoms with van der Waals surface area (Å²) in [5.41, 5.74) is -1.50. The molecule has 53 heavy (non-hydrogen) atoms. The Morgan fingerprint density at radius 2 is 0.792 bits per heavy atom. The van der Waals surface area contributed by atoms with Crippen LogP contribution in [0.2, 0.25) is 0 Å². The lowest BCUT2D eigenvalue weighted by Crippen LogP contribution is -2.43. The standard InChI is InChI=1S/C30H48F4O19/c1-3-4-5-6-7-8-25(35)30(2,21-48-23(17-44-26(36)40-9-13-50-31)18-45-27(37)41-10-14-51-32)22-49-24(19-46-28(38)42-11-15-52-33)20-47-29(39)43-12-16-53-34/h23-24H,3-22H2,1-2H3. The zero-order valence-electron chi connectivity index (χ0n) is 29.6. The van der Waals surface area contributed by atoms with Crippen LogP contribution in [0.25, 0.3) is 0 Å². The summed E-state index contributed by atoms with van der Waals surface area (Å²) in [7, 11) is 0. The Bertz CT molecular complexity index is 883. The summed E-state index contributed by atoms with van der Waals surface area (Å²) < 4.78 is 97.3. The van der Waals surface area contributed by atoms with Crippen LogP contribution in [0.5, 0.6) is 0 Å². The van der Waals surface area contributed by atoms with Gasteiger partial charge in [-0.25, -0.2) is 19.2 Å². The van der Waals surface area contributed by atoms with E-state index >= 15 is 0 Å². The molecule has 0 heterocycles. The highest BCUT2D eigenvalue weighted by molar-refractivity contribution is 5.84. The van der Waals surface area contributed by atoms with Gasteiger partial charge in [-0.2, -0.15) is 19.8 Å². The molecule has 0 amide bonds. The summed E-state index contributed by atoms with van der Waals surface area (Å²) in [5.74, 6) is -0.359. The number of ketones is 1. The highest BCUT2D eigenvalue weighted by Crippen LogP contribution is 2.25. The fraction of sp³-hybridized carbons (Fsp3) is 0.833. The third kappa shape index (κ3) is 27.5. The van der Waals surface area contributed by atoms with Crippen molar-refractivity contribution < 1.29 is 109 Å². The number of rotatable bonds is 33. The first-order chi connectivity index (χ1) is 25.5. The van der Waals surface area contributed by atoms with Crippen molar-refractivity contribution in [3.05, 3.63) is 0 Å². The molecule has 310 valence electrons. The molecule has 0 aromatic rings. The maximum Gasteiger partial charge on any atom is 0.508 e. The number of carbonyl (C=O) groups is 5. The van der Waals surface area contributed by atoms with E-state index in [1.54, 1.807) is 0 Å². The van der Waals surface area contributed by atoms with Crippen LogP contribution in [0, 0.1) is 5.41 Å². The van der Waals surface area contributed by atoms with Gasteiger partial charge < -0.3 is 47.4 Å². The highest BCUT2D eigenvalue weighted by Gasteiger charge is 2.36. The van der Waals surface area contributed by atoms with Gasteiger partial charge in [0.25, 0.3) is 0 Å². The normalized spacial score (nSPS) is 11.2. The SMILES string of the molecule is CCCCCCCC(=O)C(C)(COC(COC(=O)OCCOF)COC(=O)OCCOF)COC(COC(=O)OCCOF)COC(=O)OCCOF. The van der Waals surface area contributed by atoms with Crippen LogP contribution in [0.1, 0.15) is 52.4 Å². The molecule has 0 aliphatic heterocycles. The van der Waals surface area contributed by atoms with Gasteiger partial charge in [-0.15, -0.1) is 0 Å². The van der Waals surface area contributed by atoms with Crippen LogP contribution in [-0.2, 0) is 71.9 Å². The van der Waals surface area contributed by atoms with Gasteiger partial charge in [0.05, 0.1) is 18.6 Å². The number of unbranched alkanes of at least 4 members (excludes halogenated alkanes) is 4. The van der Waals surface area contributed by atoms with Gasteiger partial charge >= 0.3 is 24.6 Å². The van der Waals surface area contributed by atoms with Crippen LogP contribution >= 0.6 is 0 Å². The summed E-state index contributed by atoms with van der Waals surface area (Å²) in [6.07, 6.45) is -3.47. The van der Waals surface area contributed by atoms with Gasteiger partial charge in [0.2, 0.25) is 0 Å². The number of carbonyl (C=O) groups excluding carboxylic acids is 5. The largest absolute Gasteiger partial charge is 0.508 e. The second kappa shape index (κ2) is 32.8. The van der Waals surface area contributed by atoms with E-state index in [-0.39, 0.29) is 12.2 Å². The number of hydrogen-bond acceptors (Lipinski definition) is 19. The summed E-state index contributed by atoms with van der Waals surface area (Å²) in [4.78, 5) is 74.5. The van der Waals surface area contributed by atoms with E-state index in [0.717, 1.165) is 25.7 Å². The molecule has 0 N–H and O–H groups in total. The van der Waals surface area contributed by atoms with E-state index in [2.05, 4.69) is 38.7 Å². The molecule has 23 heteroatoms. The minimum Gasteiger partial charge on any atom is -0.432 e. The molecular formula is C30H48F4O19. The smallest absolute Gasteiger partial charge is 0.432 e. The number of halogens is 4. The van der Waals surface area contributed by atoms with Crippen LogP contribution in [0.15, 0.2) is 0 Å². The maximum atomic E-state index is 13.6. The fourth-order valence-electron chi connectivity index (χ4n) is 3.72. The molecule has 0 radical (unpaired) electrons. The van der Waals surface area contributed by atoms with Crippen LogP contribution in [-0.4, -0.2) is 135 Å². The Morgan fingerprint density at radius 1 is 0.472 bits per heavy atom. The molecule has 0 atom stereocenters. The molecule has 0 aliphatic rings. The number of Topliss-reactive ketones (excluding diaryl/α,β-unsaturated/α-hetero) is 1. The molecule has 0 unspecified atom stereocenters. The average molecular weight is 789 g/mol. The van der Waals surface area contributed by atoms with E-state index in [0.29, 0.717) is 6.42 Å². The van der Waals surface area contributed by atoms with Crippen LogP contribution < -0.4 is 0 Å². The molecule has 0 aromatic heterocycles. The zero-order valence-corrected chi connectivity index (χ0v) is 29.6. The monoisotopic (exact) mass is 788 g/mol. The quantitative estimate of drug-likeness (QED) is 0.0374. The Hall–Kier alpha value is -3.77. The second-order valence-corrected chi connectivity index (χ2v) is 10.9. The van der Waals surface area contributed by atoms with Gasteiger partial charge in [-0.3, -0.25) is 4.79 Å². The molecule has 0 spiro atoms. The van der Waals surface area contributed by atoms with Gasteiger partial charge in [-0.05, 0) is 31.4 Å². The molecule has 0 fully saturated rings. The average Bonchev–Trinajstić information content (AvgIpc) is 3.14. The third-order valence-electron chi connectivity index (χ3n) is 6.53. The van der Waals surface area contributed by atoms with Crippen molar-refractivity contribution >= 4 is 30.4 Å². The van der Waals surface area contributed by atoms with E-state index in [1.165, 1.54) is 6.92 Å². The predicted octanol–water partition coefficient (Wildman–Crippen LogP) is 4.91. The van der Waals surface area contributed by atoms with E-state index in [9.17, 15) is 42.1 Å². The summed E-state index contributed by atoms with van der Waals surface area (Å²) >= 11 is 0. The van der Waals surface area contributed by atoms with Crippen molar-refractivity contribution in [1.82, 2.24) is 0 Å². The van der Waals surface area contributed by atoms with Crippen molar-refractivity contribution in [3.63, 3.8) is 0 Å². The van der Waals surface area contributed by atoms with Crippen LogP contribution in [0.4, 0.5) is 37.3 Å². The van der Waals surface area contributed by atoms with Crippen LogP contribution in [0.3, 0.4) is 0 Å². The van der Waals surface area contributed by atoms with Crippen molar-refractivity contribution in [1.29, 1.82) is 0 Å². The minimum absolute atomic E-state index is 0.0696. The van der Waals surface area contributed by atoms with E-state index < -0.39 is 135 Å². The van der Waals surface area contributed by atoms with Gasteiger partial charge in [-0.1, -0.05) is 32.6 Å². The molecule has 0 saturated heterocycles. The van der Waals surface area contributed by atoms with Crippen molar-refractivity contribution in [2.24, 2.45) is 5.41 Å². The predicted molar refractivity (Wildman–Crippen MR) is 163 cm³/mol. The molecule has 0 saturated carbocycles. The summed E-state index contributed by atoms with van der Waals surface area (Å²) in [6, 6.07) is 0. The number of ether oxygens (including phenoxy) is 10. The Morgan fingerprint density at radius 3 is 1.09 bits per heavy atom. The van der Waals surface area contributed by atoms with Crippen molar-refractivity contribution in [3.8, 4) is 0 Å². The lowest BCUT2D eigenvalue weighted by molar-refractivity contribution is -0.152. The topological polar surface area (TPSA) is 215 Å². The molecule has 0 aromatic carbocycles. The van der Waals surface area contributed by atoms with E-state index in [4.69, 9.17) is 28.4 Å². The Labute approximate surface area is 302 Å². The minimum atomic E-state index is -1.50. The second-order valence-electron chi connectivity index (χ2n) is 10.9. The molecule has 19 nitrogen and oxygen atoms in total. The molecular weight excluding hydrogens is 740 g/mol. The molecule has 0 aliphatic carbocycles. The van der Waals surface area contributed by atoms with Crippen molar-refractivity contribution in [2.75, 3.05) is 92.5 Å². The lowest BCUT2D eigenvalue weighted by Gasteiger charge is -2.31. The molecule has 0 bridgehead atoms. The first-order valence-electron chi connectivity index (χ1n) is 16.4. The Kier molecular flexibility index (Phi) is 30.5. The van der Waals surface area contributed by atoms with E-state index in [1.807, 2.05) is 6.92 Å². The van der Waals surface area contributed by atoms with Gasteiger partial charge in [0, 0.05) is 6.42 Å². The zero-order chi connectivity index (χ0) is 39.6. The number of hydrogen-bond donors (Lipinski definition) is 0. The lowest BCUT2D eigenvalue weighted by atomic mass is 9.84. The molecule has 0 rings (SSSR count). The van der Waals surface area contributed by atoms with Crippen molar-refractivity contribution in [2.45, 2.75) is 64.6 Å².